The summed E-state index contributed by atoms with van der Waals surface area (Å²) in [6.07, 6.45) is 0.845. The first-order valence-electron chi connectivity index (χ1n) is 8.04. The number of thiophene rings is 1. The van der Waals surface area contributed by atoms with Gasteiger partial charge < -0.3 is 9.80 Å². The number of carbonyl (C=O) groups is 2. The summed E-state index contributed by atoms with van der Waals surface area (Å²) in [5.41, 5.74) is -0.0265. The lowest BCUT2D eigenvalue weighted by atomic mass is 10.1. The van der Waals surface area contributed by atoms with Crippen LogP contribution in [0.15, 0.2) is 16.2 Å². The Labute approximate surface area is 142 Å². The van der Waals surface area contributed by atoms with E-state index in [1.54, 1.807) is 27.5 Å². The van der Waals surface area contributed by atoms with E-state index in [2.05, 4.69) is 4.98 Å². The van der Waals surface area contributed by atoms with Crippen molar-refractivity contribution < 1.29 is 9.59 Å². The Morgan fingerprint density at radius 2 is 2.12 bits per heavy atom. The smallest absolute Gasteiger partial charge is 0.262 e. The van der Waals surface area contributed by atoms with Gasteiger partial charge in [0, 0.05) is 46.1 Å². The molecule has 1 atom stereocenters. The van der Waals surface area contributed by atoms with E-state index in [4.69, 9.17) is 0 Å². The topological polar surface area (TPSA) is 75.5 Å². The quantitative estimate of drug-likeness (QED) is 0.745. The molecule has 0 N–H and O–H groups in total. The van der Waals surface area contributed by atoms with Crippen LogP contribution >= 0.6 is 11.3 Å². The van der Waals surface area contributed by atoms with Gasteiger partial charge in [0.15, 0.2) is 0 Å². The molecule has 0 unspecified atom stereocenters. The minimum atomic E-state index is -0.267. The van der Waals surface area contributed by atoms with E-state index >= 15 is 0 Å². The molecule has 2 amide bonds. The zero-order valence-electron chi connectivity index (χ0n) is 13.4. The van der Waals surface area contributed by atoms with Gasteiger partial charge in [0.2, 0.25) is 11.8 Å². The van der Waals surface area contributed by atoms with Crippen LogP contribution in [-0.4, -0.2) is 57.8 Å². The maximum Gasteiger partial charge on any atom is 0.262 e. The van der Waals surface area contributed by atoms with Crippen LogP contribution in [0.4, 0.5) is 0 Å². The van der Waals surface area contributed by atoms with E-state index in [1.165, 1.54) is 11.3 Å². The van der Waals surface area contributed by atoms with E-state index in [1.807, 2.05) is 5.38 Å². The van der Waals surface area contributed by atoms with Gasteiger partial charge in [0.1, 0.15) is 10.7 Å². The molecule has 0 spiro atoms. The summed E-state index contributed by atoms with van der Waals surface area (Å²) in [6.45, 7) is 1.96. The van der Waals surface area contributed by atoms with Crippen molar-refractivity contribution in [2.75, 3.05) is 26.7 Å². The second-order valence-corrected chi connectivity index (χ2v) is 7.27. The molecule has 0 bridgehead atoms. The molecule has 0 radical (unpaired) electrons. The van der Waals surface area contributed by atoms with E-state index in [-0.39, 0.29) is 29.7 Å². The number of rotatable bonds is 1. The van der Waals surface area contributed by atoms with Gasteiger partial charge in [-0.2, -0.15) is 0 Å². The molecule has 2 aromatic heterocycles. The van der Waals surface area contributed by atoms with Crippen LogP contribution in [0.25, 0.3) is 10.2 Å². The van der Waals surface area contributed by atoms with Gasteiger partial charge in [-0.1, -0.05) is 0 Å². The highest BCUT2D eigenvalue weighted by Gasteiger charge is 2.35. The third kappa shape index (κ3) is 2.41. The average molecular weight is 346 g/mol. The van der Waals surface area contributed by atoms with E-state index in [0.29, 0.717) is 38.0 Å². The number of hydrogen-bond acceptors (Lipinski definition) is 5. The Morgan fingerprint density at radius 3 is 2.88 bits per heavy atom. The van der Waals surface area contributed by atoms with Crippen LogP contribution in [0, 0.1) is 5.92 Å². The van der Waals surface area contributed by atoms with Gasteiger partial charge in [-0.25, -0.2) is 4.98 Å². The van der Waals surface area contributed by atoms with Gasteiger partial charge in [-0.3, -0.25) is 19.0 Å². The van der Waals surface area contributed by atoms with Gasteiger partial charge >= 0.3 is 0 Å². The number of nitrogens with zero attached hydrogens (tertiary/aromatic N) is 4. The van der Waals surface area contributed by atoms with Crippen LogP contribution < -0.4 is 5.56 Å². The maximum absolute atomic E-state index is 12.7. The summed E-state index contributed by atoms with van der Waals surface area (Å²) in [4.78, 5) is 45.7. The Hall–Kier alpha value is -2.22. The average Bonchev–Trinajstić information content (AvgIpc) is 3.09. The molecule has 2 aromatic rings. The maximum atomic E-state index is 12.7. The summed E-state index contributed by atoms with van der Waals surface area (Å²) >= 11 is 1.46. The van der Waals surface area contributed by atoms with Crippen molar-refractivity contribution in [3.63, 3.8) is 0 Å². The molecule has 24 heavy (non-hydrogen) atoms. The number of carbonyl (C=O) groups excluding carboxylic acids is 2. The molecule has 1 fully saturated rings. The van der Waals surface area contributed by atoms with Crippen molar-refractivity contribution in [3.05, 3.63) is 27.6 Å². The summed E-state index contributed by atoms with van der Waals surface area (Å²) in [6, 6.07) is 1.80. The molecule has 1 saturated heterocycles. The fourth-order valence-corrected chi connectivity index (χ4v) is 4.26. The third-order valence-electron chi connectivity index (χ3n) is 4.86. The number of fused-ring (bicyclic) bond motifs is 2. The van der Waals surface area contributed by atoms with Crippen molar-refractivity contribution in [1.82, 2.24) is 19.4 Å². The lowest BCUT2D eigenvalue weighted by Gasteiger charge is -2.23. The first kappa shape index (κ1) is 15.3. The summed E-state index contributed by atoms with van der Waals surface area (Å²) < 4.78 is 1.69. The van der Waals surface area contributed by atoms with Crippen molar-refractivity contribution >= 4 is 33.4 Å². The molecule has 4 heterocycles. The predicted octanol–water partition coefficient (Wildman–Crippen LogP) is 0.321. The Morgan fingerprint density at radius 1 is 1.29 bits per heavy atom. The van der Waals surface area contributed by atoms with Crippen molar-refractivity contribution in [2.45, 2.75) is 19.4 Å². The van der Waals surface area contributed by atoms with Crippen molar-refractivity contribution in [3.8, 4) is 0 Å². The zero-order valence-corrected chi connectivity index (χ0v) is 14.2. The molecule has 2 aliphatic rings. The summed E-state index contributed by atoms with van der Waals surface area (Å²) in [5.74, 6) is 0.502. The molecule has 2 aliphatic heterocycles. The number of hydrogen-bond donors (Lipinski definition) is 0. The highest BCUT2D eigenvalue weighted by Crippen LogP contribution is 2.21. The Bertz CT molecular complexity index is 887. The van der Waals surface area contributed by atoms with Gasteiger partial charge in [-0.15, -0.1) is 11.3 Å². The van der Waals surface area contributed by atoms with Gasteiger partial charge in [0.25, 0.3) is 5.56 Å². The van der Waals surface area contributed by atoms with E-state index < -0.39 is 0 Å². The second kappa shape index (κ2) is 5.70. The normalized spacial score (nSPS) is 21.2. The zero-order chi connectivity index (χ0) is 16.8. The summed E-state index contributed by atoms with van der Waals surface area (Å²) in [5, 5.41) is 2.52. The Kier molecular flexibility index (Phi) is 3.64. The molecule has 0 saturated carbocycles. The third-order valence-corrected chi connectivity index (χ3v) is 5.67. The van der Waals surface area contributed by atoms with Crippen LogP contribution in [0.1, 0.15) is 12.2 Å². The molecule has 7 nitrogen and oxygen atoms in total. The molecule has 126 valence electrons. The minimum Gasteiger partial charge on any atom is -0.345 e. The largest absolute Gasteiger partial charge is 0.345 e. The van der Waals surface area contributed by atoms with Crippen LogP contribution in [0.2, 0.25) is 0 Å². The molecule has 8 heteroatoms. The lowest BCUT2D eigenvalue weighted by Crippen LogP contribution is -2.39. The highest BCUT2D eigenvalue weighted by molar-refractivity contribution is 7.16. The SMILES string of the molecule is CN1C[C@H](C(=O)N2CCc3nc4sccc4c(=O)n3CC2)CC1=O. The van der Waals surface area contributed by atoms with Gasteiger partial charge in [-0.05, 0) is 11.4 Å². The van der Waals surface area contributed by atoms with Crippen LogP contribution in [0.3, 0.4) is 0 Å². The monoisotopic (exact) mass is 346 g/mol. The Balaban J connectivity index is 1.57. The fourth-order valence-electron chi connectivity index (χ4n) is 3.49. The standard InChI is InChI=1S/C16H18N4O3S/c1-18-9-10(8-13(18)21)15(22)19-4-2-12-17-14-11(3-7-24-14)16(23)20(12)6-5-19/h3,7,10H,2,4-6,8-9H2,1H3/t10-/m1/s1. The molecule has 4 rings (SSSR count). The lowest BCUT2D eigenvalue weighted by molar-refractivity contribution is -0.135. The minimum absolute atomic E-state index is 0.00960. The van der Waals surface area contributed by atoms with Crippen molar-refractivity contribution in [2.24, 2.45) is 5.92 Å². The molecule has 0 aliphatic carbocycles. The number of aromatic nitrogens is 2. The molecule has 0 aromatic carbocycles. The second-order valence-electron chi connectivity index (χ2n) is 6.37. The van der Waals surface area contributed by atoms with Crippen molar-refractivity contribution in [1.29, 1.82) is 0 Å². The van der Waals surface area contributed by atoms with E-state index in [0.717, 1.165) is 10.7 Å². The first-order valence-corrected chi connectivity index (χ1v) is 8.92. The summed E-state index contributed by atoms with van der Waals surface area (Å²) in [7, 11) is 1.73. The molecular formula is C16H18N4O3S. The first-order chi connectivity index (χ1) is 11.5. The fraction of sp³-hybridized carbons (Fsp3) is 0.500. The van der Waals surface area contributed by atoms with Crippen LogP contribution in [-0.2, 0) is 22.6 Å². The van der Waals surface area contributed by atoms with E-state index in [9.17, 15) is 14.4 Å². The van der Waals surface area contributed by atoms with Crippen LogP contribution in [0.5, 0.6) is 0 Å². The highest BCUT2D eigenvalue weighted by atomic mass is 32.1. The van der Waals surface area contributed by atoms with Gasteiger partial charge in [0.05, 0.1) is 11.3 Å². The predicted molar refractivity (Wildman–Crippen MR) is 89.9 cm³/mol. The molecular weight excluding hydrogens is 328 g/mol. The number of amides is 2. The number of likely N-dealkylation sites (tertiary alicyclic amines) is 1.